The molecule has 1 N–H and O–H groups in total. The van der Waals surface area contributed by atoms with Gasteiger partial charge < -0.3 is 14.6 Å². The Morgan fingerprint density at radius 2 is 2.10 bits per heavy atom. The Balaban J connectivity index is 1.78. The van der Waals surface area contributed by atoms with E-state index in [2.05, 4.69) is 10.3 Å². The molecule has 0 aliphatic heterocycles. The monoisotopic (exact) mass is 469 g/mol. The van der Waals surface area contributed by atoms with Crippen molar-refractivity contribution in [2.75, 3.05) is 12.4 Å². The van der Waals surface area contributed by atoms with Crippen LogP contribution in [-0.2, 0) is 23.3 Å². The first-order valence-electron chi connectivity index (χ1n) is 8.95. The van der Waals surface area contributed by atoms with E-state index in [0.717, 1.165) is 22.2 Å². The van der Waals surface area contributed by atoms with Crippen molar-refractivity contribution in [1.82, 2.24) is 9.55 Å². The summed E-state index contributed by atoms with van der Waals surface area (Å²) in [5.41, 5.74) is 0.291. The zero-order valence-corrected chi connectivity index (χ0v) is 18.2. The Hall–Kier alpha value is -2.79. The molecule has 11 heteroatoms. The van der Waals surface area contributed by atoms with Gasteiger partial charge in [0.15, 0.2) is 5.75 Å². The van der Waals surface area contributed by atoms with Crippen LogP contribution in [0, 0.1) is 6.92 Å². The molecule has 1 aromatic carbocycles. The van der Waals surface area contributed by atoms with Crippen molar-refractivity contribution in [3.8, 4) is 5.75 Å². The summed E-state index contributed by atoms with van der Waals surface area (Å²) in [4.78, 5) is 29.0. The second kappa shape index (κ2) is 9.56. The van der Waals surface area contributed by atoms with Crippen molar-refractivity contribution in [2.45, 2.75) is 29.7 Å². The Bertz CT molecular complexity index is 1140. The largest absolute Gasteiger partial charge is 0.491 e. The Morgan fingerprint density at radius 1 is 1.32 bits per heavy atom. The van der Waals surface area contributed by atoms with Crippen LogP contribution in [0.4, 0.5) is 18.9 Å². The molecule has 3 rings (SSSR count). The number of hydrogen-bond donors (Lipinski definition) is 1. The SMILES string of the molecule is COc1cn(CC(=O)Nc2cccc(C(F)(F)F)c2)c(CSc2nc(C)cs2)cc1=O. The van der Waals surface area contributed by atoms with E-state index in [9.17, 15) is 22.8 Å². The molecule has 0 saturated carbocycles. The summed E-state index contributed by atoms with van der Waals surface area (Å²) in [6.45, 7) is 1.67. The molecule has 164 valence electrons. The average molecular weight is 470 g/mol. The first-order chi connectivity index (χ1) is 14.7. The van der Waals surface area contributed by atoms with Gasteiger partial charge in [0, 0.05) is 34.3 Å². The van der Waals surface area contributed by atoms with E-state index in [-0.39, 0.29) is 23.4 Å². The van der Waals surface area contributed by atoms with Crippen molar-refractivity contribution >= 4 is 34.7 Å². The number of amides is 1. The van der Waals surface area contributed by atoms with Crippen LogP contribution in [0.25, 0.3) is 0 Å². The van der Waals surface area contributed by atoms with E-state index < -0.39 is 17.6 Å². The number of nitrogens with one attached hydrogen (secondary N) is 1. The van der Waals surface area contributed by atoms with Crippen LogP contribution in [0.15, 0.2) is 51.0 Å². The summed E-state index contributed by atoms with van der Waals surface area (Å²) in [6.07, 6.45) is -3.09. The molecule has 0 unspecified atom stereocenters. The van der Waals surface area contributed by atoms with Gasteiger partial charge in [0.1, 0.15) is 10.9 Å². The maximum atomic E-state index is 12.9. The smallest absolute Gasteiger partial charge is 0.416 e. The quantitative estimate of drug-likeness (QED) is 0.513. The number of alkyl halides is 3. The predicted molar refractivity (Wildman–Crippen MR) is 114 cm³/mol. The minimum absolute atomic E-state index is 0.0296. The zero-order valence-electron chi connectivity index (χ0n) is 16.5. The van der Waals surface area contributed by atoms with Crippen LogP contribution >= 0.6 is 23.1 Å². The van der Waals surface area contributed by atoms with E-state index in [1.54, 1.807) is 0 Å². The average Bonchev–Trinajstić information content (AvgIpc) is 3.12. The maximum Gasteiger partial charge on any atom is 0.416 e. The molecule has 0 spiro atoms. The normalized spacial score (nSPS) is 11.4. The van der Waals surface area contributed by atoms with E-state index in [1.807, 2.05) is 12.3 Å². The second-order valence-electron chi connectivity index (χ2n) is 6.50. The zero-order chi connectivity index (χ0) is 22.6. The molecule has 0 aliphatic rings. The third kappa shape index (κ3) is 6.11. The van der Waals surface area contributed by atoms with Crippen LogP contribution in [0.3, 0.4) is 0 Å². The number of anilines is 1. The lowest BCUT2D eigenvalue weighted by molar-refractivity contribution is -0.137. The fourth-order valence-corrected chi connectivity index (χ4v) is 4.52. The molecule has 0 fully saturated rings. The lowest BCUT2D eigenvalue weighted by atomic mass is 10.2. The number of aryl methyl sites for hydroxylation is 1. The number of carbonyl (C=O) groups is 1. The summed E-state index contributed by atoms with van der Waals surface area (Å²) >= 11 is 2.89. The number of nitrogens with zero attached hydrogens (tertiary/aromatic N) is 2. The molecule has 2 aromatic heterocycles. The second-order valence-corrected chi connectivity index (χ2v) is 8.58. The van der Waals surface area contributed by atoms with E-state index in [4.69, 9.17) is 4.74 Å². The van der Waals surface area contributed by atoms with Gasteiger partial charge in [-0.1, -0.05) is 17.8 Å². The van der Waals surface area contributed by atoms with Crippen molar-refractivity contribution in [2.24, 2.45) is 0 Å². The van der Waals surface area contributed by atoms with Gasteiger partial charge in [-0.15, -0.1) is 11.3 Å². The number of aromatic nitrogens is 2. The van der Waals surface area contributed by atoms with Crippen LogP contribution in [0.1, 0.15) is 17.0 Å². The topological polar surface area (TPSA) is 73.2 Å². The highest BCUT2D eigenvalue weighted by molar-refractivity contribution is 8.00. The Labute approximate surface area is 184 Å². The molecule has 0 saturated heterocycles. The highest BCUT2D eigenvalue weighted by Gasteiger charge is 2.30. The summed E-state index contributed by atoms with van der Waals surface area (Å²) in [7, 11) is 1.34. The number of methoxy groups -OCH3 is 1. The first-order valence-corrected chi connectivity index (χ1v) is 10.8. The number of rotatable bonds is 7. The number of pyridine rings is 1. The highest BCUT2D eigenvalue weighted by atomic mass is 32.2. The minimum atomic E-state index is -4.51. The Kier molecular flexibility index (Phi) is 7.06. The van der Waals surface area contributed by atoms with Gasteiger partial charge in [0.2, 0.25) is 11.3 Å². The van der Waals surface area contributed by atoms with Gasteiger partial charge in [0.25, 0.3) is 0 Å². The molecule has 1 amide bonds. The molecule has 3 aromatic rings. The van der Waals surface area contributed by atoms with Crippen LogP contribution in [0.5, 0.6) is 5.75 Å². The van der Waals surface area contributed by atoms with Crippen molar-refractivity contribution in [3.05, 3.63) is 69.1 Å². The molecule has 0 atom stereocenters. The lowest BCUT2D eigenvalue weighted by Gasteiger charge is -2.15. The number of thioether (sulfide) groups is 1. The van der Waals surface area contributed by atoms with Crippen LogP contribution in [0.2, 0.25) is 0 Å². The van der Waals surface area contributed by atoms with E-state index in [0.29, 0.717) is 11.4 Å². The molecule has 31 heavy (non-hydrogen) atoms. The fourth-order valence-electron chi connectivity index (χ4n) is 2.68. The number of halogens is 3. The first kappa shape index (κ1) is 22.9. The van der Waals surface area contributed by atoms with Crippen molar-refractivity contribution in [3.63, 3.8) is 0 Å². The van der Waals surface area contributed by atoms with Gasteiger partial charge in [-0.3, -0.25) is 9.59 Å². The minimum Gasteiger partial charge on any atom is -0.491 e. The van der Waals surface area contributed by atoms with Crippen molar-refractivity contribution < 1.29 is 22.7 Å². The standard InChI is InChI=1S/C20H18F3N3O3S2/c1-12-10-30-19(24-12)31-11-15-7-16(27)17(29-2)8-26(15)9-18(28)25-14-5-3-4-13(6-14)20(21,22)23/h3-8,10H,9,11H2,1-2H3,(H,25,28). The lowest BCUT2D eigenvalue weighted by Crippen LogP contribution is -2.23. The summed E-state index contributed by atoms with van der Waals surface area (Å²) in [5, 5.41) is 4.37. The number of thiazole rings is 1. The molecular formula is C20H18F3N3O3S2. The van der Waals surface area contributed by atoms with Crippen molar-refractivity contribution in [1.29, 1.82) is 0 Å². The van der Waals surface area contributed by atoms with Gasteiger partial charge in [-0.05, 0) is 25.1 Å². The van der Waals surface area contributed by atoms with Gasteiger partial charge >= 0.3 is 6.18 Å². The molecule has 2 heterocycles. The van der Waals surface area contributed by atoms with E-state index in [1.165, 1.54) is 59.2 Å². The van der Waals surface area contributed by atoms with Crippen LogP contribution < -0.4 is 15.5 Å². The molecule has 6 nitrogen and oxygen atoms in total. The molecule has 0 radical (unpaired) electrons. The number of carbonyl (C=O) groups excluding carboxylic acids is 1. The maximum absolute atomic E-state index is 12.9. The number of hydrogen-bond acceptors (Lipinski definition) is 6. The third-order valence-corrected chi connectivity index (χ3v) is 6.30. The molecule has 0 aliphatic carbocycles. The van der Waals surface area contributed by atoms with E-state index >= 15 is 0 Å². The molecule has 0 bridgehead atoms. The summed E-state index contributed by atoms with van der Waals surface area (Å²) in [5.74, 6) is -0.102. The predicted octanol–water partition coefficient (Wildman–Crippen LogP) is 4.57. The molecular weight excluding hydrogens is 451 g/mol. The third-order valence-electron chi connectivity index (χ3n) is 4.13. The number of ether oxygens (including phenoxy) is 1. The Morgan fingerprint density at radius 3 is 2.74 bits per heavy atom. The van der Waals surface area contributed by atoms with Gasteiger partial charge in [-0.25, -0.2) is 4.98 Å². The van der Waals surface area contributed by atoms with Gasteiger partial charge in [-0.2, -0.15) is 13.2 Å². The highest BCUT2D eigenvalue weighted by Crippen LogP contribution is 2.30. The number of benzene rings is 1. The fraction of sp³-hybridized carbons (Fsp3) is 0.250. The summed E-state index contributed by atoms with van der Waals surface area (Å²) < 4.78 is 46.1. The van der Waals surface area contributed by atoms with Crippen LogP contribution in [-0.4, -0.2) is 22.6 Å². The van der Waals surface area contributed by atoms with Gasteiger partial charge in [0.05, 0.1) is 18.9 Å². The summed E-state index contributed by atoms with van der Waals surface area (Å²) in [6, 6.07) is 5.77.